The highest BCUT2D eigenvalue weighted by Gasteiger charge is 2.20. The number of anilines is 1. The quantitative estimate of drug-likeness (QED) is 0.554. The molecule has 0 saturated carbocycles. The van der Waals surface area contributed by atoms with Gasteiger partial charge in [-0.15, -0.1) is 0 Å². The first kappa shape index (κ1) is 20.3. The van der Waals surface area contributed by atoms with Gasteiger partial charge in [-0.1, -0.05) is 30.3 Å². The van der Waals surface area contributed by atoms with Crippen molar-refractivity contribution >= 4 is 22.2 Å². The zero-order valence-corrected chi connectivity index (χ0v) is 16.4. The average molecular weight is 413 g/mol. The van der Waals surface area contributed by atoms with Gasteiger partial charge in [0.2, 0.25) is 0 Å². The molecular weight excluding hydrogens is 391 g/mol. The maximum Gasteiger partial charge on any atom is 0.266 e. The first-order valence-electron chi connectivity index (χ1n) is 9.90. The van der Waals surface area contributed by atoms with E-state index >= 15 is 0 Å². The molecule has 2 aromatic carbocycles. The normalized spacial score (nSPS) is 17.8. The molecule has 2 atom stereocenters. The van der Waals surface area contributed by atoms with E-state index in [1.807, 2.05) is 24.3 Å². The van der Waals surface area contributed by atoms with E-state index in [0.29, 0.717) is 17.6 Å². The molecule has 30 heavy (non-hydrogen) atoms. The SMILES string of the molecule is C[C@@H](Nc1cnnc2ccc(C3=CCC(O)CC3)cc12)c1cccc(C(F)F)c1F. The Labute approximate surface area is 172 Å². The molecule has 0 spiro atoms. The van der Waals surface area contributed by atoms with Crippen LogP contribution < -0.4 is 5.32 Å². The van der Waals surface area contributed by atoms with Crippen LogP contribution in [0.4, 0.5) is 18.9 Å². The van der Waals surface area contributed by atoms with Crippen LogP contribution in [0.2, 0.25) is 0 Å². The second-order valence-corrected chi connectivity index (χ2v) is 7.56. The topological polar surface area (TPSA) is 58.0 Å². The highest BCUT2D eigenvalue weighted by atomic mass is 19.3. The van der Waals surface area contributed by atoms with E-state index in [1.165, 1.54) is 12.1 Å². The van der Waals surface area contributed by atoms with E-state index < -0.39 is 23.8 Å². The van der Waals surface area contributed by atoms with Crippen molar-refractivity contribution in [1.29, 1.82) is 0 Å². The van der Waals surface area contributed by atoms with Crippen LogP contribution in [0.3, 0.4) is 0 Å². The molecule has 2 N–H and O–H groups in total. The van der Waals surface area contributed by atoms with E-state index in [4.69, 9.17) is 0 Å². The predicted octanol–water partition coefficient (Wildman–Crippen LogP) is 5.81. The van der Waals surface area contributed by atoms with Crippen molar-refractivity contribution in [3.8, 4) is 0 Å². The minimum atomic E-state index is -2.87. The van der Waals surface area contributed by atoms with Crippen molar-refractivity contribution in [2.24, 2.45) is 0 Å². The zero-order chi connectivity index (χ0) is 21.3. The molecule has 0 saturated heterocycles. The van der Waals surface area contributed by atoms with Crippen LogP contribution in [-0.4, -0.2) is 21.4 Å². The molecule has 3 aromatic rings. The number of rotatable bonds is 5. The first-order valence-corrected chi connectivity index (χ1v) is 9.90. The standard InChI is InChI=1S/C23H22F3N3O/c1-13(17-3-2-4-18(22(17)24)23(25)26)28-21-12-27-29-20-10-7-15(11-19(20)21)14-5-8-16(30)9-6-14/h2-5,7,10-13,16,23,30H,6,8-9H2,1H3,(H,28,29)/t13-,16?/m1/s1. The van der Waals surface area contributed by atoms with E-state index in [0.717, 1.165) is 35.4 Å². The molecule has 1 aliphatic rings. The van der Waals surface area contributed by atoms with Crippen LogP contribution in [0.15, 0.2) is 48.7 Å². The number of fused-ring (bicyclic) bond motifs is 1. The van der Waals surface area contributed by atoms with E-state index in [-0.39, 0.29) is 11.7 Å². The van der Waals surface area contributed by atoms with Crippen molar-refractivity contribution in [3.63, 3.8) is 0 Å². The Morgan fingerprint density at radius 1 is 1.17 bits per heavy atom. The number of hydrogen-bond acceptors (Lipinski definition) is 4. The lowest BCUT2D eigenvalue weighted by molar-refractivity contribution is 0.146. The number of halogens is 3. The predicted molar refractivity (Wildman–Crippen MR) is 111 cm³/mol. The molecule has 1 unspecified atom stereocenters. The number of nitrogens with one attached hydrogen (secondary N) is 1. The highest BCUT2D eigenvalue weighted by molar-refractivity contribution is 5.93. The van der Waals surface area contributed by atoms with Crippen LogP contribution in [0.5, 0.6) is 0 Å². The van der Waals surface area contributed by atoms with Crippen LogP contribution in [-0.2, 0) is 0 Å². The van der Waals surface area contributed by atoms with Crippen molar-refractivity contribution < 1.29 is 18.3 Å². The third-order valence-corrected chi connectivity index (χ3v) is 5.53. The van der Waals surface area contributed by atoms with Crippen LogP contribution in [0.1, 0.15) is 55.3 Å². The van der Waals surface area contributed by atoms with E-state index in [1.54, 1.807) is 13.1 Å². The lowest BCUT2D eigenvalue weighted by Crippen LogP contribution is -2.11. The Hall–Kier alpha value is -2.93. The monoisotopic (exact) mass is 413 g/mol. The van der Waals surface area contributed by atoms with Gasteiger partial charge in [0.25, 0.3) is 6.43 Å². The molecule has 4 nitrogen and oxygen atoms in total. The summed E-state index contributed by atoms with van der Waals surface area (Å²) in [5.74, 6) is -0.898. The highest BCUT2D eigenvalue weighted by Crippen LogP contribution is 2.33. The summed E-state index contributed by atoms with van der Waals surface area (Å²) in [5.41, 5.74) is 3.07. The third kappa shape index (κ3) is 4.03. The molecule has 7 heteroatoms. The number of aromatic nitrogens is 2. The molecular formula is C23H22F3N3O. The summed E-state index contributed by atoms with van der Waals surface area (Å²) in [6, 6.07) is 9.32. The number of aliphatic hydroxyl groups is 1. The molecule has 1 heterocycles. The molecule has 0 radical (unpaired) electrons. The van der Waals surface area contributed by atoms with E-state index in [9.17, 15) is 18.3 Å². The average Bonchev–Trinajstić information content (AvgIpc) is 2.74. The molecule has 4 rings (SSSR count). The van der Waals surface area contributed by atoms with Gasteiger partial charge in [-0.3, -0.25) is 0 Å². The summed E-state index contributed by atoms with van der Waals surface area (Å²) in [4.78, 5) is 0. The number of allylic oxidation sites excluding steroid dienone is 1. The molecule has 0 bridgehead atoms. The fraction of sp³-hybridized carbons (Fsp3) is 0.304. The fourth-order valence-corrected chi connectivity index (χ4v) is 3.84. The van der Waals surface area contributed by atoms with Crippen LogP contribution in [0, 0.1) is 5.82 Å². The van der Waals surface area contributed by atoms with Gasteiger partial charge < -0.3 is 10.4 Å². The van der Waals surface area contributed by atoms with Gasteiger partial charge in [0.15, 0.2) is 0 Å². The molecule has 0 aliphatic heterocycles. The lowest BCUT2D eigenvalue weighted by Gasteiger charge is -2.20. The first-order chi connectivity index (χ1) is 14.4. The second kappa shape index (κ2) is 8.44. The minimum absolute atomic E-state index is 0.165. The maximum atomic E-state index is 14.6. The summed E-state index contributed by atoms with van der Waals surface area (Å²) >= 11 is 0. The number of nitrogens with zero attached hydrogens (tertiary/aromatic N) is 2. The molecule has 1 aromatic heterocycles. The summed E-state index contributed by atoms with van der Waals surface area (Å²) in [6.07, 6.45) is 2.57. The minimum Gasteiger partial charge on any atom is -0.393 e. The Morgan fingerprint density at radius 3 is 2.70 bits per heavy atom. The number of alkyl halides is 2. The van der Waals surface area contributed by atoms with Gasteiger partial charge in [-0.25, -0.2) is 13.2 Å². The molecule has 0 amide bonds. The smallest absolute Gasteiger partial charge is 0.266 e. The van der Waals surface area contributed by atoms with Crippen molar-refractivity contribution in [2.75, 3.05) is 5.32 Å². The molecule has 1 aliphatic carbocycles. The summed E-state index contributed by atoms with van der Waals surface area (Å²) in [7, 11) is 0. The van der Waals surface area contributed by atoms with Gasteiger partial charge in [-0.2, -0.15) is 10.2 Å². The Bertz CT molecular complexity index is 1100. The van der Waals surface area contributed by atoms with Gasteiger partial charge in [-0.05, 0) is 49.5 Å². The van der Waals surface area contributed by atoms with E-state index in [2.05, 4.69) is 15.5 Å². The Balaban J connectivity index is 1.67. The van der Waals surface area contributed by atoms with Crippen molar-refractivity contribution in [1.82, 2.24) is 10.2 Å². The second-order valence-electron chi connectivity index (χ2n) is 7.56. The van der Waals surface area contributed by atoms with Crippen LogP contribution >= 0.6 is 0 Å². The third-order valence-electron chi connectivity index (χ3n) is 5.53. The number of benzene rings is 2. The van der Waals surface area contributed by atoms with Crippen molar-refractivity contribution in [3.05, 3.63) is 71.2 Å². The molecule has 156 valence electrons. The summed E-state index contributed by atoms with van der Waals surface area (Å²) < 4.78 is 40.7. The van der Waals surface area contributed by atoms with Crippen LogP contribution in [0.25, 0.3) is 16.5 Å². The fourth-order valence-electron chi connectivity index (χ4n) is 3.84. The summed E-state index contributed by atoms with van der Waals surface area (Å²) in [6.45, 7) is 1.72. The van der Waals surface area contributed by atoms with Gasteiger partial charge in [0.1, 0.15) is 5.82 Å². The maximum absolute atomic E-state index is 14.6. The molecule has 0 fully saturated rings. The Morgan fingerprint density at radius 2 is 1.97 bits per heavy atom. The zero-order valence-electron chi connectivity index (χ0n) is 16.4. The van der Waals surface area contributed by atoms with Gasteiger partial charge in [0.05, 0.1) is 35.1 Å². The van der Waals surface area contributed by atoms with Crippen molar-refractivity contribution in [2.45, 2.75) is 44.8 Å². The lowest BCUT2D eigenvalue weighted by atomic mass is 9.91. The largest absolute Gasteiger partial charge is 0.393 e. The Kier molecular flexibility index (Phi) is 5.72. The summed E-state index contributed by atoms with van der Waals surface area (Å²) in [5, 5.41) is 21.9. The van der Waals surface area contributed by atoms with Gasteiger partial charge in [0, 0.05) is 10.9 Å². The number of aliphatic hydroxyl groups excluding tert-OH is 1. The number of hydrogen-bond donors (Lipinski definition) is 2. The van der Waals surface area contributed by atoms with Gasteiger partial charge >= 0.3 is 0 Å².